The van der Waals surface area contributed by atoms with Crippen molar-refractivity contribution in [1.82, 2.24) is 4.98 Å². The van der Waals surface area contributed by atoms with Crippen LogP contribution in [0, 0.1) is 11.8 Å². The van der Waals surface area contributed by atoms with Crippen molar-refractivity contribution in [3.05, 3.63) is 42.1 Å². The second-order valence-electron chi connectivity index (χ2n) is 9.85. The molecule has 1 aromatic carbocycles. The van der Waals surface area contributed by atoms with Crippen molar-refractivity contribution >= 4 is 28.8 Å². The van der Waals surface area contributed by atoms with Crippen LogP contribution < -0.4 is 15.1 Å². The lowest BCUT2D eigenvalue weighted by Gasteiger charge is -2.34. The van der Waals surface area contributed by atoms with E-state index in [0.29, 0.717) is 24.7 Å². The van der Waals surface area contributed by atoms with Crippen LogP contribution in [0.1, 0.15) is 38.2 Å². The summed E-state index contributed by atoms with van der Waals surface area (Å²) in [4.78, 5) is 22.9. The van der Waals surface area contributed by atoms with Gasteiger partial charge in [0.15, 0.2) is 0 Å². The first-order chi connectivity index (χ1) is 16.2. The zero-order valence-corrected chi connectivity index (χ0v) is 19.2. The molecule has 4 heterocycles. The van der Waals surface area contributed by atoms with E-state index < -0.39 is 0 Å². The fourth-order valence-corrected chi connectivity index (χ4v) is 6.01. The summed E-state index contributed by atoms with van der Waals surface area (Å²) in [6.45, 7) is 5.89. The minimum Gasteiger partial charge on any atom is -0.378 e. The number of hydrogen-bond donors (Lipinski definition) is 1. The lowest BCUT2D eigenvalue weighted by molar-refractivity contribution is -0.124. The van der Waals surface area contributed by atoms with Gasteiger partial charge in [-0.3, -0.25) is 4.79 Å². The third kappa shape index (κ3) is 3.97. The van der Waals surface area contributed by atoms with Crippen molar-refractivity contribution in [2.45, 2.75) is 51.4 Å². The molecule has 3 aliphatic heterocycles. The maximum absolute atomic E-state index is 14.0. The summed E-state index contributed by atoms with van der Waals surface area (Å²) in [5, 5.41) is 3.50. The number of benzene rings is 1. The van der Waals surface area contributed by atoms with Crippen molar-refractivity contribution in [2.24, 2.45) is 11.8 Å². The number of ether oxygens (including phenoxy) is 2. The van der Waals surface area contributed by atoms with E-state index >= 15 is 0 Å². The van der Waals surface area contributed by atoms with Crippen LogP contribution in [0.15, 0.2) is 36.5 Å². The first kappa shape index (κ1) is 20.9. The number of nitrogens with zero attached hydrogens (tertiary/aromatic N) is 3. The van der Waals surface area contributed by atoms with Crippen molar-refractivity contribution in [1.29, 1.82) is 0 Å². The number of anilines is 4. The molecular weight excluding hydrogens is 416 g/mol. The summed E-state index contributed by atoms with van der Waals surface area (Å²) in [7, 11) is 0. The molecule has 4 atom stereocenters. The highest BCUT2D eigenvalue weighted by molar-refractivity contribution is 6.00. The summed E-state index contributed by atoms with van der Waals surface area (Å²) in [6, 6.07) is 10.4. The van der Waals surface area contributed by atoms with E-state index in [4.69, 9.17) is 9.47 Å². The Kier molecular flexibility index (Phi) is 5.46. The SMILES string of the molecule is C[C@H]1C[C@H]2C[C@@H](C(=O)N3Cc4cccnc4Nc4ccc(N5CCOCC5)cc43)CC[C@H]2O1. The van der Waals surface area contributed by atoms with E-state index in [1.807, 2.05) is 11.0 Å². The zero-order valence-electron chi connectivity index (χ0n) is 19.2. The Morgan fingerprint density at radius 3 is 2.91 bits per heavy atom. The Labute approximate surface area is 195 Å². The molecular formula is C26H32N4O3. The largest absolute Gasteiger partial charge is 0.378 e. The molecule has 0 bridgehead atoms. The molecule has 174 valence electrons. The number of hydrogen-bond acceptors (Lipinski definition) is 6. The number of pyridine rings is 1. The number of nitrogens with one attached hydrogen (secondary N) is 1. The molecule has 7 nitrogen and oxygen atoms in total. The highest BCUT2D eigenvalue weighted by atomic mass is 16.5. The van der Waals surface area contributed by atoms with Gasteiger partial charge in [-0.25, -0.2) is 4.98 Å². The van der Waals surface area contributed by atoms with E-state index in [2.05, 4.69) is 46.4 Å². The number of carbonyl (C=O) groups is 1. The fraction of sp³-hybridized carbons (Fsp3) is 0.538. The normalized spacial score (nSPS) is 28.9. The number of aromatic nitrogens is 1. The van der Waals surface area contributed by atoms with Gasteiger partial charge in [-0.2, -0.15) is 0 Å². The van der Waals surface area contributed by atoms with Gasteiger partial charge in [-0.05, 0) is 62.8 Å². The van der Waals surface area contributed by atoms with Gasteiger partial charge in [-0.15, -0.1) is 0 Å². The molecule has 0 radical (unpaired) electrons. The second kappa shape index (κ2) is 8.61. The average molecular weight is 449 g/mol. The molecule has 6 rings (SSSR count). The van der Waals surface area contributed by atoms with Gasteiger partial charge < -0.3 is 24.6 Å². The topological polar surface area (TPSA) is 66.9 Å². The van der Waals surface area contributed by atoms with Crippen LogP contribution in [0.25, 0.3) is 0 Å². The fourth-order valence-electron chi connectivity index (χ4n) is 6.01. The Hall–Kier alpha value is -2.64. The molecule has 7 heteroatoms. The Morgan fingerprint density at radius 1 is 1.15 bits per heavy atom. The molecule has 2 aromatic rings. The summed E-state index contributed by atoms with van der Waals surface area (Å²) in [5.74, 6) is 1.60. The van der Waals surface area contributed by atoms with Crippen LogP contribution in [0.3, 0.4) is 0 Å². The van der Waals surface area contributed by atoms with Gasteiger partial charge in [0, 0.05) is 36.5 Å². The van der Waals surface area contributed by atoms with Crippen molar-refractivity contribution in [3.8, 4) is 0 Å². The molecule has 1 saturated carbocycles. The van der Waals surface area contributed by atoms with Gasteiger partial charge >= 0.3 is 0 Å². The Balaban J connectivity index is 1.34. The minimum absolute atomic E-state index is 0.0401. The Morgan fingerprint density at radius 2 is 2.03 bits per heavy atom. The van der Waals surface area contributed by atoms with Gasteiger partial charge in [0.2, 0.25) is 5.91 Å². The summed E-state index contributed by atoms with van der Waals surface area (Å²) in [6.07, 6.45) is 6.32. The second-order valence-corrected chi connectivity index (χ2v) is 9.85. The van der Waals surface area contributed by atoms with E-state index in [-0.39, 0.29) is 11.8 Å². The van der Waals surface area contributed by atoms with E-state index in [0.717, 1.165) is 80.4 Å². The lowest BCUT2D eigenvalue weighted by Crippen LogP contribution is -2.40. The molecule has 3 fully saturated rings. The number of morpholine rings is 1. The summed E-state index contributed by atoms with van der Waals surface area (Å²) < 4.78 is 11.6. The zero-order chi connectivity index (χ0) is 22.4. The first-order valence-electron chi connectivity index (χ1n) is 12.3. The Bertz CT molecular complexity index is 1040. The quantitative estimate of drug-likeness (QED) is 0.746. The standard InChI is InChI=1S/C26H32N4O3/c1-17-13-20-14-18(4-7-24(20)33-17)26(31)30-16-19-3-2-8-27-25(19)28-22-6-5-21(15-23(22)30)29-9-11-32-12-10-29/h2-3,5-6,8,15,17-18,20,24H,4,7,9-14,16H2,1H3,(H,27,28)/t17-,18-,20-,24+/m0/s1. The molecule has 0 unspecified atom stereocenters. The van der Waals surface area contributed by atoms with Gasteiger partial charge in [0.1, 0.15) is 5.82 Å². The van der Waals surface area contributed by atoms with Crippen LogP contribution in [0.4, 0.5) is 22.9 Å². The molecule has 1 aromatic heterocycles. The molecule has 0 spiro atoms. The summed E-state index contributed by atoms with van der Waals surface area (Å²) in [5.41, 5.74) is 4.06. The average Bonchev–Trinajstić information content (AvgIpc) is 3.14. The molecule has 2 saturated heterocycles. The predicted molar refractivity (Wildman–Crippen MR) is 128 cm³/mol. The van der Waals surface area contributed by atoms with Crippen molar-refractivity contribution in [3.63, 3.8) is 0 Å². The first-order valence-corrected chi connectivity index (χ1v) is 12.3. The number of carbonyl (C=O) groups excluding carboxylic acids is 1. The number of rotatable bonds is 2. The van der Waals surface area contributed by atoms with Crippen molar-refractivity contribution < 1.29 is 14.3 Å². The third-order valence-electron chi connectivity index (χ3n) is 7.69. The third-order valence-corrected chi connectivity index (χ3v) is 7.69. The number of amides is 1. The maximum atomic E-state index is 14.0. The van der Waals surface area contributed by atoms with Crippen LogP contribution in [0.2, 0.25) is 0 Å². The molecule has 33 heavy (non-hydrogen) atoms. The van der Waals surface area contributed by atoms with E-state index in [9.17, 15) is 4.79 Å². The number of fused-ring (bicyclic) bond motifs is 3. The maximum Gasteiger partial charge on any atom is 0.230 e. The summed E-state index contributed by atoms with van der Waals surface area (Å²) >= 11 is 0. The molecule has 1 aliphatic carbocycles. The van der Waals surface area contributed by atoms with Gasteiger partial charge in [0.25, 0.3) is 0 Å². The highest BCUT2D eigenvalue weighted by Gasteiger charge is 2.41. The molecule has 1 amide bonds. The molecule has 1 N–H and O–H groups in total. The van der Waals surface area contributed by atoms with E-state index in [1.54, 1.807) is 6.20 Å². The van der Waals surface area contributed by atoms with Crippen LogP contribution in [-0.4, -0.2) is 49.4 Å². The highest BCUT2D eigenvalue weighted by Crippen LogP contribution is 2.43. The molecule has 4 aliphatic rings. The van der Waals surface area contributed by atoms with Crippen molar-refractivity contribution in [2.75, 3.05) is 41.4 Å². The van der Waals surface area contributed by atoms with Crippen LogP contribution >= 0.6 is 0 Å². The monoisotopic (exact) mass is 448 g/mol. The minimum atomic E-state index is 0.0401. The predicted octanol–water partition coefficient (Wildman–Crippen LogP) is 4.10. The smallest absolute Gasteiger partial charge is 0.230 e. The van der Waals surface area contributed by atoms with Crippen LogP contribution in [0.5, 0.6) is 0 Å². The van der Waals surface area contributed by atoms with Crippen LogP contribution in [-0.2, 0) is 20.8 Å². The van der Waals surface area contributed by atoms with Gasteiger partial charge in [-0.1, -0.05) is 6.07 Å². The van der Waals surface area contributed by atoms with E-state index in [1.165, 1.54) is 0 Å². The van der Waals surface area contributed by atoms with Gasteiger partial charge in [0.05, 0.1) is 43.3 Å². The lowest BCUT2D eigenvalue weighted by atomic mass is 9.78.